The van der Waals surface area contributed by atoms with Gasteiger partial charge in [-0.2, -0.15) is 0 Å². The van der Waals surface area contributed by atoms with Gasteiger partial charge in [-0.3, -0.25) is 24.1 Å². The number of likely N-dealkylation sites (tertiary alicyclic amines) is 1. The zero-order valence-corrected chi connectivity index (χ0v) is 25.0. The smallest absolute Gasteiger partial charge is 0.307 e. The number of Topliss-reactive ketones (excluding diaryl/α,β-unsaturated/α-hetero) is 1. The normalized spacial score (nSPS) is 24.8. The fourth-order valence-corrected chi connectivity index (χ4v) is 6.04. The summed E-state index contributed by atoms with van der Waals surface area (Å²) in [7, 11) is 1.73. The number of carboxylic acids is 1. The lowest BCUT2D eigenvalue weighted by Gasteiger charge is -2.41. The third kappa shape index (κ3) is 7.67. The van der Waals surface area contributed by atoms with E-state index in [1.54, 1.807) is 18.9 Å². The van der Waals surface area contributed by atoms with Gasteiger partial charge in [-0.15, -0.1) is 0 Å². The van der Waals surface area contributed by atoms with Gasteiger partial charge in [0.15, 0.2) is 5.78 Å². The van der Waals surface area contributed by atoms with Crippen LogP contribution in [0.2, 0.25) is 0 Å². The summed E-state index contributed by atoms with van der Waals surface area (Å²) in [5.74, 6) is -2.52. The second-order valence-electron chi connectivity index (χ2n) is 13.0. The molecule has 2 amide bonds. The Kier molecular flexibility index (Phi) is 11.1. The number of ketones is 1. The SMILES string of the molecule is C/C(=C\[C@H](C(C)C)N(C)C(=O)[C@@H](NC(=O)C1CCCCN1C(C)C)C(C)(C)C)C(=O)C1CCC[C@H]1C(=O)O. The van der Waals surface area contributed by atoms with Gasteiger partial charge in [0, 0.05) is 19.0 Å². The lowest BCUT2D eigenvalue weighted by Crippen LogP contribution is -2.60. The predicted octanol–water partition coefficient (Wildman–Crippen LogP) is 4.28. The maximum Gasteiger partial charge on any atom is 0.307 e. The van der Waals surface area contributed by atoms with Crippen LogP contribution >= 0.6 is 0 Å². The van der Waals surface area contributed by atoms with Crippen molar-refractivity contribution in [1.82, 2.24) is 15.1 Å². The van der Waals surface area contributed by atoms with E-state index in [1.165, 1.54) is 0 Å². The zero-order chi connectivity index (χ0) is 28.9. The molecule has 2 unspecified atom stereocenters. The predicted molar refractivity (Wildman–Crippen MR) is 149 cm³/mol. The topological polar surface area (TPSA) is 107 Å². The first-order valence-electron chi connectivity index (χ1n) is 14.4. The summed E-state index contributed by atoms with van der Waals surface area (Å²) in [5, 5.41) is 12.6. The summed E-state index contributed by atoms with van der Waals surface area (Å²) >= 11 is 0. The molecule has 2 rings (SSSR count). The molecule has 5 atom stereocenters. The number of nitrogens with one attached hydrogen (secondary N) is 1. The van der Waals surface area contributed by atoms with Crippen LogP contribution in [0.4, 0.5) is 0 Å². The van der Waals surface area contributed by atoms with Crippen molar-refractivity contribution in [1.29, 1.82) is 0 Å². The summed E-state index contributed by atoms with van der Waals surface area (Å²) in [6.45, 7) is 16.6. The van der Waals surface area contributed by atoms with Crippen LogP contribution in [-0.4, -0.2) is 76.2 Å². The van der Waals surface area contributed by atoms with Crippen molar-refractivity contribution < 1.29 is 24.3 Å². The van der Waals surface area contributed by atoms with Crippen molar-refractivity contribution in [3.63, 3.8) is 0 Å². The number of rotatable bonds is 10. The molecule has 2 fully saturated rings. The molecule has 0 aromatic rings. The number of hydrogen-bond acceptors (Lipinski definition) is 5. The number of aliphatic carboxylic acids is 1. The van der Waals surface area contributed by atoms with Crippen molar-refractivity contribution in [2.75, 3.05) is 13.6 Å². The second kappa shape index (κ2) is 13.2. The fraction of sp³-hybridized carbons (Fsp3) is 0.800. The molecule has 216 valence electrons. The van der Waals surface area contributed by atoms with E-state index >= 15 is 0 Å². The maximum atomic E-state index is 13.9. The van der Waals surface area contributed by atoms with Gasteiger partial charge in [0.2, 0.25) is 11.8 Å². The van der Waals surface area contributed by atoms with Crippen molar-refractivity contribution in [3.05, 3.63) is 11.6 Å². The Morgan fingerprint density at radius 3 is 2.11 bits per heavy atom. The molecule has 1 saturated carbocycles. The van der Waals surface area contributed by atoms with Gasteiger partial charge in [0.05, 0.1) is 18.0 Å². The Morgan fingerprint density at radius 2 is 1.58 bits per heavy atom. The van der Waals surface area contributed by atoms with Crippen LogP contribution in [0.3, 0.4) is 0 Å². The van der Waals surface area contributed by atoms with Gasteiger partial charge in [0.1, 0.15) is 6.04 Å². The highest BCUT2D eigenvalue weighted by atomic mass is 16.4. The molecular weight excluding hydrogens is 482 g/mol. The van der Waals surface area contributed by atoms with E-state index in [9.17, 15) is 24.3 Å². The first-order valence-corrected chi connectivity index (χ1v) is 14.4. The molecule has 1 aliphatic carbocycles. The summed E-state index contributed by atoms with van der Waals surface area (Å²) in [6, 6.07) is -1.11. The van der Waals surface area contributed by atoms with E-state index in [4.69, 9.17) is 0 Å². The maximum absolute atomic E-state index is 13.9. The monoisotopic (exact) mass is 533 g/mol. The number of hydrogen-bond donors (Lipinski definition) is 2. The molecule has 0 aromatic heterocycles. The quantitative estimate of drug-likeness (QED) is 0.406. The highest BCUT2D eigenvalue weighted by molar-refractivity contribution is 5.99. The van der Waals surface area contributed by atoms with Gasteiger partial charge in [0.25, 0.3) is 0 Å². The second-order valence-corrected chi connectivity index (χ2v) is 13.0. The van der Waals surface area contributed by atoms with Crippen LogP contribution in [-0.2, 0) is 19.2 Å². The molecule has 0 bridgehead atoms. The van der Waals surface area contributed by atoms with Crippen LogP contribution in [0.25, 0.3) is 0 Å². The van der Waals surface area contributed by atoms with Gasteiger partial charge in [-0.05, 0) is 69.9 Å². The Hall–Kier alpha value is -2.22. The summed E-state index contributed by atoms with van der Waals surface area (Å²) in [5.41, 5.74) is -0.0277. The standard InChI is InChI=1S/C30H51N3O5/c1-18(2)24(17-20(5)25(34)21-13-12-14-22(21)29(37)38)32(9)28(36)26(30(6,7)8)31-27(35)23-15-10-11-16-33(23)19(3)4/h17-19,21-24,26H,10-16H2,1-9H3,(H,31,35)(H,37,38)/b20-17+/t21?,22-,23?,24-,26-/m1/s1. The van der Waals surface area contributed by atoms with Crippen molar-refractivity contribution in [3.8, 4) is 0 Å². The third-order valence-corrected chi connectivity index (χ3v) is 8.37. The van der Waals surface area contributed by atoms with E-state index in [0.717, 1.165) is 32.2 Å². The molecule has 1 aliphatic heterocycles. The van der Waals surface area contributed by atoms with Crippen LogP contribution in [0.15, 0.2) is 11.6 Å². The number of likely N-dealkylation sites (N-methyl/N-ethyl adjacent to an activating group) is 1. The lowest BCUT2D eigenvalue weighted by molar-refractivity contribution is -0.145. The Morgan fingerprint density at radius 1 is 0.974 bits per heavy atom. The van der Waals surface area contributed by atoms with Gasteiger partial charge >= 0.3 is 5.97 Å². The molecule has 1 saturated heterocycles. The summed E-state index contributed by atoms with van der Waals surface area (Å²) in [6.07, 6.45) is 6.48. The largest absolute Gasteiger partial charge is 0.481 e. The van der Waals surface area contributed by atoms with Crippen molar-refractivity contribution >= 4 is 23.6 Å². The fourth-order valence-electron chi connectivity index (χ4n) is 6.04. The number of carbonyl (C=O) groups is 4. The van der Waals surface area contributed by atoms with E-state index in [-0.39, 0.29) is 41.6 Å². The molecular formula is C30H51N3O5. The van der Waals surface area contributed by atoms with Crippen LogP contribution in [0, 0.1) is 23.2 Å². The van der Waals surface area contributed by atoms with Gasteiger partial charge < -0.3 is 15.3 Å². The molecule has 0 radical (unpaired) electrons. The summed E-state index contributed by atoms with van der Waals surface area (Å²) < 4.78 is 0. The number of carboxylic acid groups (broad SMARTS) is 1. The third-order valence-electron chi connectivity index (χ3n) is 8.37. The van der Waals surface area contributed by atoms with E-state index in [2.05, 4.69) is 24.1 Å². The minimum Gasteiger partial charge on any atom is -0.481 e. The van der Waals surface area contributed by atoms with Crippen molar-refractivity contribution in [2.24, 2.45) is 23.2 Å². The minimum absolute atomic E-state index is 0.0108. The van der Waals surface area contributed by atoms with Crippen molar-refractivity contribution in [2.45, 2.75) is 118 Å². The Bertz CT molecular complexity index is 904. The molecule has 2 N–H and O–H groups in total. The van der Waals surface area contributed by atoms with Crippen LogP contribution in [0.1, 0.15) is 93.9 Å². The molecule has 8 heteroatoms. The molecule has 0 aromatic carbocycles. The highest BCUT2D eigenvalue weighted by Crippen LogP contribution is 2.34. The lowest BCUT2D eigenvalue weighted by atomic mass is 9.84. The molecule has 38 heavy (non-hydrogen) atoms. The zero-order valence-electron chi connectivity index (χ0n) is 25.0. The average Bonchev–Trinajstić information content (AvgIpc) is 3.33. The van der Waals surface area contributed by atoms with Gasteiger partial charge in [-0.25, -0.2) is 0 Å². The number of amides is 2. The molecule has 8 nitrogen and oxygen atoms in total. The molecule has 2 aliphatic rings. The Labute approximate surface area is 229 Å². The van der Waals surface area contributed by atoms with Crippen LogP contribution < -0.4 is 5.32 Å². The number of piperidine rings is 1. The average molecular weight is 534 g/mol. The van der Waals surface area contributed by atoms with E-state index < -0.39 is 29.3 Å². The van der Waals surface area contributed by atoms with E-state index in [0.29, 0.717) is 18.4 Å². The molecule has 0 spiro atoms. The number of carbonyl (C=O) groups excluding carboxylic acids is 3. The summed E-state index contributed by atoms with van der Waals surface area (Å²) in [4.78, 5) is 56.1. The van der Waals surface area contributed by atoms with E-state index in [1.807, 2.05) is 40.7 Å². The van der Waals surface area contributed by atoms with Gasteiger partial charge in [-0.1, -0.05) is 53.5 Å². The minimum atomic E-state index is -0.917. The highest BCUT2D eigenvalue weighted by Gasteiger charge is 2.41. The number of allylic oxidation sites excluding steroid dienone is 1. The number of nitrogens with zero attached hydrogens (tertiary/aromatic N) is 2. The van der Waals surface area contributed by atoms with Crippen LogP contribution in [0.5, 0.6) is 0 Å². The Balaban J connectivity index is 2.27. The first kappa shape index (κ1) is 32.0. The first-order chi connectivity index (χ1) is 17.6. The molecule has 1 heterocycles.